The maximum Gasteiger partial charge on any atom is 0.419 e. The number of amidine groups is 1. The number of quaternary nitrogens is 1. The topological polar surface area (TPSA) is 170 Å². The standard InChI is InChI=1S/C45H57N5O9/c1-7-16-29(3)18-14-15-24-45(25-23-30(4)17-8-2)28-50(45)40(46-35-27-36(49(54)55)31(5)26-33(35)43(50)59-56)38(41(51)47-34-21-12-13-22-37(34)57-6)48-42(52)39(58-44(48)53)32-19-10-9-11-20-32/h9-13,19-22,26-27,29-30,38-39,43H,7-8,14-18,23-25,28H2,1-6H3,(H-,47,51,56)/p+1. The van der Waals surface area contributed by atoms with Crippen LogP contribution in [0.25, 0.3) is 0 Å². The molecule has 0 aromatic heterocycles. The number of nitrogens with zero attached hydrogens (tertiary/aromatic N) is 4. The van der Waals surface area contributed by atoms with Crippen LogP contribution in [0.5, 0.6) is 5.75 Å². The van der Waals surface area contributed by atoms with Crippen molar-refractivity contribution in [1.29, 1.82) is 0 Å². The summed E-state index contributed by atoms with van der Waals surface area (Å²) in [7, 11) is 1.46. The minimum absolute atomic E-state index is 0.0450. The minimum Gasteiger partial charge on any atom is -0.495 e. The van der Waals surface area contributed by atoms with Crippen LogP contribution in [0.4, 0.5) is 21.9 Å². The average Bonchev–Trinajstić information content (AvgIpc) is 3.76. The van der Waals surface area contributed by atoms with Gasteiger partial charge >= 0.3 is 6.09 Å². The number of amides is 3. The molecule has 3 aromatic carbocycles. The highest BCUT2D eigenvalue weighted by atomic mass is 17.1. The normalized spacial score (nSPS) is 23.6. The molecule has 2 N–H and O–H groups in total. The molecule has 6 rings (SSSR count). The molecule has 59 heavy (non-hydrogen) atoms. The summed E-state index contributed by atoms with van der Waals surface area (Å²) in [6.07, 6.45) is 5.68. The number of unbranched alkanes of at least 4 members (excludes halogenated alkanes) is 1. The van der Waals surface area contributed by atoms with Gasteiger partial charge in [0.15, 0.2) is 5.54 Å². The first-order valence-electron chi connectivity index (χ1n) is 20.9. The van der Waals surface area contributed by atoms with Crippen LogP contribution in [0.2, 0.25) is 0 Å². The number of hydrogen-bond donors (Lipinski definition) is 2. The van der Waals surface area contributed by atoms with Crippen LogP contribution in [0, 0.1) is 28.9 Å². The molecule has 1 spiro atoms. The first kappa shape index (κ1) is 43.4. The summed E-state index contributed by atoms with van der Waals surface area (Å²) in [5.41, 5.74) is 0.660. The number of hydrogen-bond acceptors (Lipinski definition) is 10. The number of nitro groups is 1. The maximum absolute atomic E-state index is 15.1. The molecule has 3 aliphatic heterocycles. The van der Waals surface area contributed by atoms with Crippen LogP contribution in [0.3, 0.4) is 0 Å². The molecular weight excluding hydrogens is 755 g/mol. The Balaban J connectivity index is 1.56. The number of benzene rings is 3. The second-order valence-corrected chi connectivity index (χ2v) is 16.7. The van der Waals surface area contributed by atoms with Gasteiger partial charge in [-0.1, -0.05) is 109 Å². The highest BCUT2D eigenvalue weighted by molar-refractivity contribution is 6.18. The number of imide groups is 1. The highest BCUT2D eigenvalue weighted by Crippen LogP contribution is 2.62. The van der Waals surface area contributed by atoms with Gasteiger partial charge in [0.1, 0.15) is 12.3 Å². The van der Waals surface area contributed by atoms with E-state index in [4.69, 9.17) is 19.4 Å². The summed E-state index contributed by atoms with van der Waals surface area (Å²) in [5.74, 6) is -0.267. The number of nitro benzene ring substituents is 1. The molecule has 2 saturated heterocycles. The molecule has 7 unspecified atom stereocenters. The molecule has 3 amide bonds. The summed E-state index contributed by atoms with van der Waals surface area (Å²) in [4.78, 5) is 67.1. The van der Waals surface area contributed by atoms with E-state index in [1.54, 1.807) is 67.6 Å². The molecule has 3 aliphatic rings. The number of nitrogens with one attached hydrogen (secondary N) is 1. The first-order chi connectivity index (χ1) is 28.4. The van der Waals surface area contributed by atoms with Crippen molar-refractivity contribution in [3.63, 3.8) is 0 Å². The Kier molecular flexibility index (Phi) is 13.5. The number of carbonyl (C=O) groups excluding carboxylic acids is 3. The van der Waals surface area contributed by atoms with Gasteiger partial charge in [0.2, 0.25) is 18.0 Å². The van der Waals surface area contributed by atoms with Crippen molar-refractivity contribution in [3.05, 3.63) is 93.5 Å². The first-order valence-corrected chi connectivity index (χ1v) is 20.9. The molecule has 0 saturated carbocycles. The van der Waals surface area contributed by atoms with Crippen molar-refractivity contribution >= 4 is 40.8 Å². The van der Waals surface area contributed by atoms with E-state index in [1.165, 1.54) is 13.2 Å². The second-order valence-electron chi connectivity index (χ2n) is 16.7. The largest absolute Gasteiger partial charge is 0.495 e. The molecular formula is C45H58N5O9+. The van der Waals surface area contributed by atoms with E-state index >= 15 is 4.79 Å². The fourth-order valence-corrected chi connectivity index (χ4v) is 9.48. The number of methoxy groups -OCH3 is 1. The lowest BCUT2D eigenvalue weighted by Crippen LogP contribution is -2.61. The van der Waals surface area contributed by atoms with E-state index in [0.29, 0.717) is 53.7 Å². The van der Waals surface area contributed by atoms with E-state index in [-0.39, 0.29) is 27.4 Å². The third-order valence-corrected chi connectivity index (χ3v) is 12.6. The van der Waals surface area contributed by atoms with Crippen molar-refractivity contribution in [2.75, 3.05) is 19.0 Å². The molecule has 316 valence electrons. The van der Waals surface area contributed by atoms with E-state index < -0.39 is 46.7 Å². The lowest BCUT2D eigenvalue weighted by molar-refractivity contribution is -0.825. The zero-order valence-electron chi connectivity index (χ0n) is 35.0. The predicted molar refractivity (Wildman–Crippen MR) is 223 cm³/mol. The molecule has 3 heterocycles. The van der Waals surface area contributed by atoms with Crippen LogP contribution in [-0.2, 0) is 19.2 Å². The molecule has 3 aromatic rings. The van der Waals surface area contributed by atoms with Crippen molar-refractivity contribution in [3.8, 4) is 5.75 Å². The Bertz CT molecular complexity index is 2060. The smallest absolute Gasteiger partial charge is 0.419 e. The van der Waals surface area contributed by atoms with Crippen LogP contribution >= 0.6 is 0 Å². The zero-order valence-corrected chi connectivity index (χ0v) is 35.0. The average molecular weight is 813 g/mol. The van der Waals surface area contributed by atoms with Crippen LogP contribution in [0.1, 0.15) is 121 Å². The van der Waals surface area contributed by atoms with Gasteiger partial charge in [-0.3, -0.25) is 19.7 Å². The Morgan fingerprint density at radius 3 is 2.36 bits per heavy atom. The fourth-order valence-electron chi connectivity index (χ4n) is 9.48. The Morgan fingerprint density at radius 2 is 1.69 bits per heavy atom. The summed E-state index contributed by atoms with van der Waals surface area (Å²) in [6.45, 7) is 10.8. The lowest BCUT2D eigenvalue weighted by atomic mass is 9.88. The van der Waals surface area contributed by atoms with E-state index in [2.05, 4.69) is 33.0 Å². The predicted octanol–water partition coefficient (Wildman–Crippen LogP) is 9.95. The number of aryl methyl sites for hydroxylation is 1. The van der Waals surface area contributed by atoms with E-state index in [9.17, 15) is 25.0 Å². The summed E-state index contributed by atoms with van der Waals surface area (Å²) < 4.78 is 11.1. The molecule has 7 atom stereocenters. The Hall–Kier alpha value is -5.18. The maximum atomic E-state index is 15.1. The second kappa shape index (κ2) is 18.4. The number of aliphatic imine (C=N–C) groups is 1. The van der Waals surface area contributed by atoms with E-state index in [0.717, 1.165) is 56.3 Å². The Morgan fingerprint density at radius 1 is 1.02 bits per heavy atom. The fraction of sp³-hybridized carbons (Fsp3) is 0.511. The van der Waals surface area contributed by atoms with Crippen molar-refractivity contribution in [2.24, 2.45) is 16.8 Å². The number of fused-ring (bicyclic) bond motifs is 1. The van der Waals surface area contributed by atoms with Gasteiger partial charge in [0, 0.05) is 30.0 Å². The third kappa shape index (κ3) is 8.48. The van der Waals surface area contributed by atoms with Gasteiger partial charge in [0.05, 0.1) is 29.0 Å². The number of para-hydroxylation sites is 2. The molecule has 14 nitrogen and oxygen atoms in total. The number of carbonyl (C=O) groups is 3. The van der Waals surface area contributed by atoms with Gasteiger partial charge in [-0.15, -0.1) is 0 Å². The SMILES string of the molecule is CCCC(C)CCCCC1(CCC(C)CCC)C[N+]12C(C(C(=O)Nc1ccccc1OC)N1C(=O)OC(c3ccccc3)C1=O)=Nc1cc([N+](=O)[O-])c(C)cc1C2OO. The van der Waals surface area contributed by atoms with Crippen LogP contribution in [0.15, 0.2) is 71.7 Å². The number of ether oxygens (including phenoxy) is 2. The quantitative estimate of drug-likeness (QED) is 0.0282. The monoisotopic (exact) mass is 812 g/mol. The number of rotatable bonds is 20. The summed E-state index contributed by atoms with van der Waals surface area (Å²) in [6, 6.07) is 16.5. The summed E-state index contributed by atoms with van der Waals surface area (Å²) >= 11 is 0. The van der Waals surface area contributed by atoms with Crippen LogP contribution < -0.4 is 10.1 Å². The minimum atomic E-state index is -1.74. The zero-order chi connectivity index (χ0) is 42.5. The lowest BCUT2D eigenvalue weighted by Gasteiger charge is -2.39. The van der Waals surface area contributed by atoms with Gasteiger partial charge in [-0.05, 0) is 49.8 Å². The number of cyclic esters (lactones) is 1. The third-order valence-electron chi connectivity index (χ3n) is 12.6. The van der Waals surface area contributed by atoms with Gasteiger partial charge in [0.25, 0.3) is 23.7 Å². The Labute approximate surface area is 346 Å². The molecule has 14 heteroatoms. The van der Waals surface area contributed by atoms with Crippen molar-refractivity contribution in [1.82, 2.24) is 4.90 Å². The van der Waals surface area contributed by atoms with Crippen molar-refractivity contribution < 1.29 is 43.4 Å². The van der Waals surface area contributed by atoms with Crippen molar-refractivity contribution in [2.45, 2.75) is 123 Å². The summed E-state index contributed by atoms with van der Waals surface area (Å²) in [5, 5.41) is 26.3. The molecule has 2 fully saturated rings. The molecule has 0 bridgehead atoms. The van der Waals surface area contributed by atoms with Gasteiger partial charge in [-0.25, -0.2) is 19.4 Å². The van der Waals surface area contributed by atoms with Gasteiger partial charge in [-0.2, -0.15) is 9.88 Å². The molecule has 0 aliphatic carbocycles. The van der Waals surface area contributed by atoms with E-state index in [1.807, 2.05) is 0 Å². The van der Waals surface area contributed by atoms with Crippen LogP contribution in [-0.4, -0.2) is 68.5 Å². The highest BCUT2D eigenvalue weighted by Gasteiger charge is 2.79. The van der Waals surface area contributed by atoms with Gasteiger partial charge < -0.3 is 14.8 Å². The molecule has 0 radical (unpaired) electrons. The number of anilines is 1.